The van der Waals surface area contributed by atoms with Crippen molar-refractivity contribution in [3.8, 4) is 0 Å². The molecule has 0 bridgehead atoms. The van der Waals surface area contributed by atoms with Crippen LogP contribution in [-0.2, 0) is 4.74 Å². The zero-order valence-electron chi connectivity index (χ0n) is 9.92. The van der Waals surface area contributed by atoms with E-state index in [9.17, 15) is 0 Å². The predicted octanol–water partition coefficient (Wildman–Crippen LogP) is -0.608. The molecule has 86 valence electrons. The molecule has 0 aromatic carbocycles. The van der Waals surface area contributed by atoms with Gasteiger partial charge in [-0.15, -0.1) is 0 Å². The lowest BCUT2D eigenvalue weighted by molar-refractivity contribution is -0.911. The number of epoxide rings is 1. The molecule has 1 heterocycles. The molecule has 0 aliphatic carbocycles. The summed E-state index contributed by atoms with van der Waals surface area (Å²) in [6.45, 7) is 5.71. The molecule has 14 heavy (non-hydrogen) atoms. The first kappa shape index (κ1) is 14.2. The molecule has 0 N–H and O–H groups in total. The van der Waals surface area contributed by atoms with Crippen molar-refractivity contribution in [2.75, 3.05) is 20.6 Å². The largest absolute Gasteiger partial charge is 1.00 e. The summed E-state index contributed by atoms with van der Waals surface area (Å²) in [4.78, 5) is 0. The second-order valence-corrected chi connectivity index (χ2v) is 4.71. The number of ether oxygens (including phenoxy) is 1. The van der Waals surface area contributed by atoms with E-state index >= 15 is 0 Å². The van der Waals surface area contributed by atoms with Gasteiger partial charge in [0.25, 0.3) is 0 Å². The maximum absolute atomic E-state index is 5.71. The minimum absolute atomic E-state index is 0. The van der Waals surface area contributed by atoms with E-state index in [-0.39, 0.29) is 12.4 Å². The number of halogens is 1. The van der Waals surface area contributed by atoms with Crippen molar-refractivity contribution in [3.63, 3.8) is 0 Å². The molecule has 2 nitrogen and oxygen atoms in total. The highest BCUT2D eigenvalue weighted by molar-refractivity contribution is 4.76. The van der Waals surface area contributed by atoms with Crippen molar-refractivity contribution in [2.45, 2.75) is 51.9 Å². The van der Waals surface area contributed by atoms with Gasteiger partial charge >= 0.3 is 0 Å². The van der Waals surface area contributed by atoms with Gasteiger partial charge in [-0.2, -0.15) is 0 Å². The van der Waals surface area contributed by atoms with Crippen LogP contribution in [0.15, 0.2) is 0 Å². The van der Waals surface area contributed by atoms with Gasteiger partial charge in [0.05, 0.1) is 20.6 Å². The fraction of sp³-hybridized carbons (Fsp3) is 1.00. The van der Waals surface area contributed by atoms with Crippen molar-refractivity contribution in [1.82, 2.24) is 0 Å². The van der Waals surface area contributed by atoms with Crippen molar-refractivity contribution < 1.29 is 21.6 Å². The summed E-state index contributed by atoms with van der Waals surface area (Å²) in [5.41, 5.74) is 0. The summed E-state index contributed by atoms with van der Waals surface area (Å²) in [7, 11) is 4.56. The summed E-state index contributed by atoms with van der Waals surface area (Å²) in [6, 6.07) is 0. The molecular weight excluding hydrogens is 198 g/mol. The predicted molar refractivity (Wildman–Crippen MR) is 55.5 cm³/mol. The summed E-state index contributed by atoms with van der Waals surface area (Å²) < 4.78 is 6.76. The number of nitrogens with zero attached hydrogens (tertiary/aromatic N) is 1. The zero-order chi connectivity index (χ0) is 9.90. The first-order chi connectivity index (χ1) is 6.11. The molecule has 0 spiro atoms. The van der Waals surface area contributed by atoms with Crippen molar-refractivity contribution >= 4 is 0 Å². The Labute approximate surface area is 94.6 Å². The summed E-state index contributed by atoms with van der Waals surface area (Å²) in [6.07, 6.45) is 6.15. The first-order valence-electron chi connectivity index (χ1n) is 5.60. The second-order valence-electron chi connectivity index (χ2n) is 4.71. The molecule has 2 atom stereocenters. The molecule has 0 radical (unpaired) electrons. The van der Waals surface area contributed by atoms with E-state index in [0.717, 1.165) is 4.48 Å². The monoisotopic (exact) mass is 221 g/mol. The van der Waals surface area contributed by atoms with E-state index in [0.29, 0.717) is 12.3 Å². The lowest BCUT2D eigenvalue weighted by Crippen LogP contribution is -3.00. The Morgan fingerprint density at radius 1 is 1.14 bits per heavy atom. The average Bonchev–Trinajstić information content (AvgIpc) is 2.80. The first-order valence-corrected chi connectivity index (χ1v) is 5.60. The number of unbranched alkanes of at least 4 members (excludes halogenated alkanes) is 1. The van der Waals surface area contributed by atoms with E-state index in [1.54, 1.807) is 0 Å². The molecule has 1 aliphatic rings. The molecule has 1 rings (SSSR count). The van der Waals surface area contributed by atoms with Gasteiger partial charge in [-0.3, -0.25) is 0 Å². The Balaban J connectivity index is 0.00000169. The van der Waals surface area contributed by atoms with Gasteiger partial charge in [-0.05, 0) is 12.8 Å². The van der Waals surface area contributed by atoms with Crippen LogP contribution in [-0.4, -0.2) is 37.5 Å². The molecule has 0 saturated carbocycles. The Morgan fingerprint density at radius 2 is 1.79 bits per heavy atom. The van der Waals surface area contributed by atoms with Crippen LogP contribution in [0.2, 0.25) is 0 Å². The number of hydrogen-bond acceptors (Lipinski definition) is 1. The molecule has 1 aliphatic heterocycles. The topological polar surface area (TPSA) is 12.5 Å². The Hall–Kier alpha value is 0.210. The second kappa shape index (κ2) is 5.94. The average molecular weight is 222 g/mol. The van der Waals surface area contributed by atoms with Gasteiger partial charge < -0.3 is 21.6 Å². The maximum atomic E-state index is 5.71. The molecule has 1 saturated heterocycles. The molecule has 3 heteroatoms. The molecule has 0 amide bonds. The van der Waals surface area contributed by atoms with Gasteiger partial charge in [0.2, 0.25) is 6.23 Å². The molecule has 0 aromatic heterocycles. The highest BCUT2D eigenvalue weighted by atomic mass is 35.5. The van der Waals surface area contributed by atoms with Crippen LogP contribution in [0, 0.1) is 0 Å². The van der Waals surface area contributed by atoms with E-state index in [4.69, 9.17) is 4.74 Å². The lowest BCUT2D eigenvalue weighted by atomic mass is 10.2. The Bertz CT molecular complexity index is 161. The lowest BCUT2D eigenvalue weighted by Gasteiger charge is -2.27. The van der Waals surface area contributed by atoms with Crippen LogP contribution in [0.1, 0.15) is 39.5 Å². The molecule has 0 aromatic rings. The molecule has 2 unspecified atom stereocenters. The van der Waals surface area contributed by atoms with Gasteiger partial charge in [-0.1, -0.05) is 26.7 Å². The fourth-order valence-corrected chi connectivity index (χ4v) is 2.07. The van der Waals surface area contributed by atoms with Gasteiger partial charge in [0, 0.05) is 0 Å². The number of rotatable bonds is 6. The van der Waals surface area contributed by atoms with Gasteiger partial charge in [0.1, 0.15) is 6.10 Å². The maximum Gasteiger partial charge on any atom is 0.220 e. The smallest absolute Gasteiger partial charge is 0.220 e. The van der Waals surface area contributed by atoms with Crippen molar-refractivity contribution in [3.05, 3.63) is 0 Å². The Kier molecular flexibility index (Phi) is 6.03. The van der Waals surface area contributed by atoms with Crippen LogP contribution in [0.5, 0.6) is 0 Å². The van der Waals surface area contributed by atoms with E-state index < -0.39 is 0 Å². The quantitative estimate of drug-likeness (QED) is 0.431. The number of hydrogen-bond donors (Lipinski definition) is 0. The Morgan fingerprint density at radius 3 is 2.29 bits per heavy atom. The van der Waals surface area contributed by atoms with Crippen molar-refractivity contribution in [2.24, 2.45) is 0 Å². The normalized spacial score (nSPS) is 25.7. The minimum atomic E-state index is 0. The third-order valence-electron chi connectivity index (χ3n) is 2.89. The third-order valence-corrected chi connectivity index (χ3v) is 2.89. The summed E-state index contributed by atoms with van der Waals surface area (Å²) in [5, 5.41) is 0. The number of quaternary nitrogens is 1. The third kappa shape index (κ3) is 3.76. The number of likely N-dealkylation sites (N-methyl/N-ethyl adjacent to an activating group) is 1. The fourth-order valence-electron chi connectivity index (χ4n) is 2.07. The van der Waals surface area contributed by atoms with E-state index in [1.807, 2.05) is 0 Å². The van der Waals surface area contributed by atoms with E-state index in [2.05, 4.69) is 27.9 Å². The van der Waals surface area contributed by atoms with Crippen LogP contribution >= 0.6 is 0 Å². The SMILES string of the molecule is CCCCC1OC1[N+](C)(C)CCC.[Cl-]. The minimum Gasteiger partial charge on any atom is -1.00 e. The summed E-state index contributed by atoms with van der Waals surface area (Å²) in [5.74, 6) is 0. The van der Waals surface area contributed by atoms with Crippen LogP contribution in [0.4, 0.5) is 0 Å². The molecular formula is C11H24ClNO. The van der Waals surface area contributed by atoms with E-state index in [1.165, 1.54) is 32.2 Å². The summed E-state index contributed by atoms with van der Waals surface area (Å²) >= 11 is 0. The zero-order valence-corrected chi connectivity index (χ0v) is 10.7. The highest BCUT2D eigenvalue weighted by Crippen LogP contribution is 2.33. The van der Waals surface area contributed by atoms with Crippen LogP contribution in [0.3, 0.4) is 0 Å². The standard InChI is InChI=1S/C11H24NO.ClH/c1-5-7-8-10-11(13-10)12(3,4)9-6-2;/h10-11H,5-9H2,1-4H3;1H/q+1;/p-1. The molecule has 1 fully saturated rings. The van der Waals surface area contributed by atoms with Crippen molar-refractivity contribution in [1.29, 1.82) is 0 Å². The van der Waals surface area contributed by atoms with Gasteiger partial charge in [-0.25, -0.2) is 0 Å². The highest BCUT2D eigenvalue weighted by Gasteiger charge is 2.50. The van der Waals surface area contributed by atoms with Gasteiger partial charge in [0.15, 0.2) is 0 Å². The van der Waals surface area contributed by atoms with Crippen LogP contribution < -0.4 is 12.4 Å². The van der Waals surface area contributed by atoms with Crippen LogP contribution in [0.25, 0.3) is 0 Å².